The van der Waals surface area contributed by atoms with E-state index < -0.39 is 0 Å². The molecule has 4 rings (SSSR count). The number of nitrogens with zero attached hydrogens (tertiary/aromatic N) is 4. The molecule has 0 atom stereocenters. The molecule has 1 saturated heterocycles. The minimum Gasteiger partial charge on any atom is -0.355 e. The van der Waals surface area contributed by atoms with E-state index in [-0.39, 0.29) is 5.91 Å². The van der Waals surface area contributed by atoms with Crippen LogP contribution < -0.4 is 10.2 Å². The van der Waals surface area contributed by atoms with Crippen molar-refractivity contribution in [1.29, 1.82) is 0 Å². The van der Waals surface area contributed by atoms with Crippen molar-refractivity contribution >= 4 is 28.3 Å². The first-order valence-corrected chi connectivity index (χ1v) is 9.59. The number of aromatic nitrogens is 3. The van der Waals surface area contributed by atoms with Gasteiger partial charge in [-0.15, -0.1) is 10.2 Å². The zero-order chi connectivity index (χ0) is 18.8. The van der Waals surface area contributed by atoms with Gasteiger partial charge in [-0.1, -0.05) is 13.8 Å². The summed E-state index contributed by atoms with van der Waals surface area (Å²) < 4.78 is 2.24. The molecule has 0 radical (unpaired) electrons. The Morgan fingerprint density at radius 2 is 1.93 bits per heavy atom. The van der Waals surface area contributed by atoms with Crippen molar-refractivity contribution in [1.82, 2.24) is 14.8 Å². The summed E-state index contributed by atoms with van der Waals surface area (Å²) in [5.74, 6) is 1.19. The summed E-state index contributed by atoms with van der Waals surface area (Å²) >= 11 is 0. The highest BCUT2D eigenvalue weighted by Crippen LogP contribution is 2.22. The summed E-state index contributed by atoms with van der Waals surface area (Å²) in [6.45, 7) is 7.41. The molecule has 27 heavy (non-hydrogen) atoms. The molecule has 1 amide bonds. The third kappa shape index (κ3) is 3.79. The first kappa shape index (κ1) is 17.5. The molecule has 3 heterocycles. The Bertz CT molecular complexity index is 939. The molecule has 2 aromatic heterocycles. The number of hydrogen-bond donors (Lipinski definition) is 1. The van der Waals surface area contributed by atoms with E-state index in [1.807, 2.05) is 18.2 Å². The van der Waals surface area contributed by atoms with Crippen molar-refractivity contribution in [2.75, 3.05) is 23.3 Å². The molecule has 0 saturated carbocycles. The molecule has 1 aliphatic rings. The van der Waals surface area contributed by atoms with Gasteiger partial charge in [-0.2, -0.15) is 0 Å². The summed E-state index contributed by atoms with van der Waals surface area (Å²) in [5.41, 5.74) is 2.27. The summed E-state index contributed by atoms with van der Waals surface area (Å²) in [5, 5.41) is 12.4. The highest BCUT2D eigenvalue weighted by molar-refractivity contribution is 6.03. The molecule has 1 N–H and O–H groups in total. The van der Waals surface area contributed by atoms with Crippen LogP contribution in [0.2, 0.25) is 0 Å². The third-order valence-corrected chi connectivity index (χ3v) is 4.90. The Morgan fingerprint density at radius 1 is 1.11 bits per heavy atom. The van der Waals surface area contributed by atoms with Gasteiger partial charge in [0, 0.05) is 42.4 Å². The minimum atomic E-state index is -0.239. The predicted molar refractivity (Wildman–Crippen MR) is 108 cm³/mol. The van der Waals surface area contributed by atoms with Crippen LogP contribution in [0.25, 0.3) is 10.9 Å². The fraction of sp³-hybridized carbons (Fsp3) is 0.381. The fourth-order valence-corrected chi connectivity index (χ4v) is 3.59. The maximum Gasteiger partial charge on any atom is 0.276 e. The van der Waals surface area contributed by atoms with Crippen molar-refractivity contribution in [3.63, 3.8) is 0 Å². The summed E-state index contributed by atoms with van der Waals surface area (Å²) in [4.78, 5) is 14.7. The van der Waals surface area contributed by atoms with Gasteiger partial charge >= 0.3 is 0 Å². The quantitative estimate of drug-likeness (QED) is 0.746. The smallest absolute Gasteiger partial charge is 0.276 e. The Balaban J connectivity index is 1.47. The number of rotatable bonds is 5. The van der Waals surface area contributed by atoms with E-state index in [2.05, 4.69) is 57.2 Å². The number of carbonyl (C=O) groups is 1. The summed E-state index contributed by atoms with van der Waals surface area (Å²) in [6, 6.07) is 11.7. The second-order valence-corrected chi connectivity index (χ2v) is 7.56. The number of amides is 1. The number of fused-ring (bicyclic) bond motifs is 1. The molecule has 0 unspecified atom stereocenters. The molecule has 1 aliphatic heterocycles. The van der Waals surface area contributed by atoms with Crippen LogP contribution in [0.3, 0.4) is 0 Å². The molecule has 0 spiro atoms. The number of hydrogen-bond acceptors (Lipinski definition) is 4. The number of benzene rings is 1. The van der Waals surface area contributed by atoms with Gasteiger partial charge in [-0.3, -0.25) is 4.79 Å². The van der Waals surface area contributed by atoms with Gasteiger partial charge in [0.2, 0.25) is 0 Å². The van der Waals surface area contributed by atoms with Crippen molar-refractivity contribution in [3.8, 4) is 0 Å². The lowest BCUT2D eigenvalue weighted by Gasteiger charge is -2.15. The molecule has 1 aromatic carbocycles. The molecule has 0 bridgehead atoms. The van der Waals surface area contributed by atoms with Crippen LogP contribution in [0, 0.1) is 5.92 Å². The van der Waals surface area contributed by atoms with Gasteiger partial charge in [-0.25, -0.2) is 0 Å². The van der Waals surface area contributed by atoms with Gasteiger partial charge in [0.05, 0.1) is 0 Å². The molecule has 140 valence electrons. The molecule has 3 aromatic rings. The van der Waals surface area contributed by atoms with Gasteiger partial charge in [0.25, 0.3) is 5.91 Å². The van der Waals surface area contributed by atoms with Crippen LogP contribution in [-0.2, 0) is 6.54 Å². The van der Waals surface area contributed by atoms with E-state index in [9.17, 15) is 4.79 Å². The lowest BCUT2D eigenvalue weighted by atomic mass is 10.2. The SMILES string of the molecule is CC(C)Cn1ccc2cc(NC(=O)c3ccc(N4CCCC4)nn3)ccc21. The number of nitrogens with one attached hydrogen (secondary N) is 1. The highest BCUT2D eigenvalue weighted by Gasteiger charge is 2.15. The lowest BCUT2D eigenvalue weighted by molar-refractivity contribution is 0.102. The maximum atomic E-state index is 12.5. The molecule has 6 nitrogen and oxygen atoms in total. The first-order valence-electron chi connectivity index (χ1n) is 9.59. The predicted octanol–water partition coefficient (Wildman–Crippen LogP) is 3.94. The second-order valence-electron chi connectivity index (χ2n) is 7.56. The van der Waals surface area contributed by atoms with E-state index in [0.717, 1.165) is 36.5 Å². The number of anilines is 2. The fourth-order valence-electron chi connectivity index (χ4n) is 3.59. The van der Waals surface area contributed by atoms with Gasteiger partial charge < -0.3 is 14.8 Å². The zero-order valence-corrected chi connectivity index (χ0v) is 15.9. The average molecular weight is 363 g/mol. The third-order valence-electron chi connectivity index (χ3n) is 4.90. The Labute approximate surface area is 159 Å². The molecular formula is C21H25N5O. The van der Waals surface area contributed by atoms with Crippen molar-refractivity contribution < 1.29 is 4.79 Å². The van der Waals surface area contributed by atoms with Crippen LogP contribution in [0.4, 0.5) is 11.5 Å². The topological polar surface area (TPSA) is 63.1 Å². The lowest BCUT2D eigenvalue weighted by Crippen LogP contribution is -2.21. The van der Waals surface area contributed by atoms with Crippen LogP contribution in [0.1, 0.15) is 37.2 Å². The largest absolute Gasteiger partial charge is 0.355 e. The van der Waals surface area contributed by atoms with E-state index >= 15 is 0 Å². The van der Waals surface area contributed by atoms with Crippen LogP contribution in [-0.4, -0.2) is 33.8 Å². The van der Waals surface area contributed by atoms with E-state index in [1.54, 1.807) is 6.07 Å². The van der Waals surface area contributed by atoms with Crippen LogP contribution >= 0.6 is 0 Å². The van der Waals surface area contributed by atoms with Gasteiger partial charge in [0.1, 0.15) is 0 Å². The minimum absolute atomic E-state index is 0.239. The van der Waals surface area contributed by atoms with E-state index in [0.29, 0.717) is 11.6 Å². The molecule has 0 aliphatic carbocycles. The second kappa shape index (κ2) is 7.39. The number of carbonyl (C=O) groups excluding carboxylic acids is 1. The summed E-state index contributed by atoms with van der Waals surface area (Å²) in [7, 11) is 0. The van der Waals surface area contributed by atoms with Crippen molar-refractivity contribution in [3.05, 3.63) is 48.3 Å². The summed E-state index contributed by atoms with van der Waals surface area (Å²) in [6.07, 6.45) is 4.47. The Hall–Kier alpha value is -2.89. The van der Waals surface area contributed by atoms with Crippen molar-refractivity contribution in [2.24, 2.45) is 5.92 Å². The Morgan fingerprint density at radius 3 is 2.63 bits per heavy atom. The van der Waals surface area contributed by atoms with E-state index in [1.165, 1.54) is 18.4 Å². The van der Waals surface area contributed by atoms with Crippen LogP contribution in [0.5, 0.6) is 0 Å². The standard InChI is InChI=1S/C21H25N5O/c1-15(2)14-26-12-9-16-13-17(5-7-19(16)26)22-21(27)18-6-8-20(24-23-18)25-10-3-4-11-25/h5-9,12-13,15H,3-4,10-11,14H2,1-2H3,(H,22,27). The monoisotopic (exact) mass is 363 g/mol. The van der Waals surface area contributed by atoms with Crippen LogP contribution in [0.15, 0.2) is 42.6 Å². The highest BCUT2D eigenvalue weighted by atomic mass is 16.1. The zero-order valence-electron chi connectivity index (χ0n) is 15.9. The van der Waals surface area contributed by atoms with Gasteiger partial charge in [-0.05, 0) is 55.2 Å². The molecule has 6 heteroatoms. The van der Waals surface area contributed by atoms with E-state index in [4.69, 9.17) is 0 Å². The molecule has 1 fully saturated rings. The molecular weight excluding hydrogens is 338 g/mol. The normalized spacial score (nSPS) is 14.3. The average Bonchev–Trinajstić information content (AvgIpc) is 3.32. The first-order chi connectivity index (χ1) is 13.1. The Kier molecular flexibility index (Phi) is 4.79. The van der Waals surface area contributed by atoms with Gasteiger partial charge in [0.15, 0.2) is 11.5 Å². The van der Waals surface area contributed by atoms with Crippen molar-refractivity contribution in [2.45, 2.75) is 33.2 Å². The maximum absolute atomic E-state index is 12.5.